The molecule has 1 aliphatic heterocycles. The molecule has 0 radical (unpaired) electrons. The van der Waals surface area contributed by atoms with E-state index in [0.717, 1.165) is 9.58 Å². The largest absolute Gasteiger partial charge is 0.461 e. The molecule has 170 valence electrons. The van der Waals surface area contributed by atoms with Gasteiger partial charge in [-0.15, -0.1) is 0 Å². The maximum absolute atomic E-state index is 14.2. The number of rotatable bonds is 7. The third-order valence-electron chi connectivity index (χ3n) is 4.75. The van der Waals surface area contributed by atoms with Crippen LogP contribution in [0.5, 0.6) is 0 Å². The average molecular weight is 510 g/mol. The van der Waals surface area contributed by atoms with Gasteiger partial charge in [-0.25, -0.2) is 18.9 Å². The maximum Gasteiger partial charge on any atom is 0.356 e. The molecule has 2 aromatic heterocycles. The lowest BCUT2D eigenvalue weighted by Crippen LogP contribution is -2.45. The van der Waals surface area contributed by atoms with Crippen molar-refractivity contribution < 1.29 is 28.3 Å². The van der Waals surface area contributed by atoms with Crippen LogP contribution in [0.2, 0.25) is 0 Å². The van der Waals surface area contributed by atoms with E-state index in [1.165, 1.54) is 13.0 Å². The Hall–Kier alpha value is -3.15. The van der Waals surface area contributed by atoms with Gasteiger partial charge in [0, 0.05) is 19.4 Å². The summed E-state index contributed by atoms with van der Waals surface area (Å²) in [4.78, 5) is 54.8. The minimum atomic E-state index is -1.39. The number of carbonyl (C=O) groups is 4. The third-order valence-corrected chi connectivity index (χ3v) is 5.19. The number of aromatic nitrogens is 3. The predicted molar refractivity (Wildman–Crippen MR) is 114 cm³/mol. The summed E-state index contributed by atoms with van der Waals surface area (Å²) in [5, 5.41) is 6.58. The molecule has 3 heterocycles. The van der Waals surface area contributed by atoms with E-state index in [2.05, 4.69) is 31.3 Å². The highest BCUT2D eigenvalue weighted by molar-refractivity contribution is 9.10. The van der Waals surface area contributed by atoms with E-state index in [1.807, 2.05) is 0 Å². The number of hydrogen-bond donors (Lipinski definition) is 1. The van der Waals surface area contributed by atoms with Crippen LogP contribution in [-0.2, 0) is 20.9 Å². The Morgan fingerprint density at radius 3 is 2.72 bits per heavy atom. The highest BCUT2D eigenvalue weighted by Gasteiger charge is 2.40. The Labute approximate surface area is 191 Å². The van der Waals surface area contributed by atoms with E-state index < -0.39 is 42.3 Å². The zero-order chi connectivity index (χ0) is 23.4. The van der Waals surface area contributed by atoms with Crippen molar-refractivity contribution in [2.75, 3.05) is 18.5 Å². The summed E-state index contributed by atoms with van der Waals surface area (Å²) in [7, 11) is 0. The number of nitrogens with one attached hydrogen (secondary N) is 1. The smallest absolute Gasteiger partial charge is 0.356 e. The van der Waals surface area contributed by atoms with Crippen LogP contribution in [0.4, 0.5) is 10.2 Å². The number of amides is 2. The molecule has 0 aliphatic carbocycles. The van der Waals surface area contributed by atoms with Crippen LogP contribution in [0.15, 0.2) is 28.9 Å². The van der Waals surface area contributed by atoms with E-state index in [1.54, 1.807) is 25.1 Å². The minimum absolute atomic E-state index is 0.0133. The third kappa shape index (κ3) is 5.36. The fourth-order valence-corrected chi connectivity index (χ4v) is 3.64. The van der Waals surface area contributed by atoms with Crippen molar-refractivity contribution in [1.29, 1.82) is 0 Å². The van der Waals surface area contributed by atoms with Gasteiger partial charge in [-0.1, -0.05) is 6.07 Å². The number of carbonyl (C=O) groups excluding carboxylic acids is 4. The predicted octanol–water partition coefficient (Wildman–Crippen LogP) is 2.00. The maximum atomic E-state index is 14.2. The molecule has 10 nitrogen and oxygen atoms in total. The van der Waals surface area contributed by atoms with Gasteiger partial charge in [-0.2, -0.15) is 5.10 Å². The summed E-state index contributed by atoms with van der Waals surface area (Å²) < 4.78 is 20.7. The Morgan fingerprint density at radius 2 is 2.06 bits per heavy atom. The second kappa shape index (κ2) is 9.98. The molecule has 2 aromatic rings. The minimum Gasteiger partial charge on any atom is -0.461 e. The Bertz CT molecular complexity index is 1060. The van der Waals surface area contributed by atoms with Gasteiger partial charge in [0.25, 0.3) is 0 Å². The molecule has 0 aromatic carbocycles. The summed E-state index contributed by atoms with van der Waals surface area (Å²) in [5.41, 5.74) is -0.0959. The van der Waals surface area contributed by atoms with Crippen LogP contribution in [0.25, 0.3) is 0 Å². The number of esters is 1. The fraction of sp³-hybridized carbons (Fsp3) is 0.400. The second-order valence-corrected chi connectivity index (χ2v) is 7.89. The van der Waals surface area contributed by atoms with E-state index in [9.17, 15) is 23.6 Å². The molecule has 32 heavy (non-hydrogen) atoms. The first-order chi connectivity index (χ1) is 15.2. The van der Waals surface area contributed by atoms with Crippen molar-refractivity contribution in [2.45, 2.75) is 39.0 Å². The summed E-state index contributed by atoms with van der Waals surface area (Å²) in [6.45, 7) is 2.24. The topological polar surface area (TPSA) is 123 Å². The number of hydrogen-bond acceptors (Lipinski definition) is 7. The van der Waals surface area contributed by atoms with Crippen molar-refractivity contribution in [3.05, 3.63) is 40.3 Å². The van der Waals surface area contributed by atoms with Gasteiger partial charge in [-0.05, 0) is 35.0 Å². The van der Waals surface area contributed by atoms with E-state index in [4.69, 9.17) is 4.74 Å². The van der Waals surface area contributed by atoms with Crippen molar-refractivity contribution >= 4 is 45.3 Å². The lowest BCUT2D eigenvalue weighted by atomic mass is 10.2. The molecule has 0 saturated carbocycles. The number of likely N-dealkylation sites (tertiary alicyclic amines) is 1. The van der Waals surface area contributed by atoms with E-state index in [-0.39, 0.29) is 36.8 Å². The SMILES string of the molecule is CCOC(=O)c1cc(C(C)=O)nn1CC(=O)N1C[C@H](F)C[C@H]1C(=O)Nc1cccc(Br)n1. The molecule has 12 heteroatoms. The molecule has 1 fully saturated rings. The van der Waals surface area contributed by atoms with Gasteiger partial charge >= 0.3 is 5.97 Å². The Balaban J connectivity index is 1.79. The standard InChI is InChI=1S/C20H21BrFN5O5/c1-3-32-20(31)15-8-13(11(2)28)25-27(15)10-18(29)26-9-12(22)7-14(26)19(30)24-17-6-4-5-16(21)23-17/h4-6,8,12,14H,3,7,9-10H2,1-2H3,(H,23,24,30)/t12-,14+/m1/s1. The molecule has 0 bridgehead atoms. The van der Waals surface area contributed by atoms with Crippen molar-refractivity contribution in [3.63, 3.8) is 0 Å². The fourth-order valence-electron chi connectivity index (χ4n) is 3.29. The number of Topliss-reactive ketones (excluding diaryl/α,β-unsaturated/α-hetero) is 1. The van der Waals surface area contributed by atoms with Gasteiger partial charge < -0.3 is 15.0 Å². The van der Waals surface area contributed by atoms with Gasteiger partial charge in [0.1, 0.15) is 40.6 Å². The highest BCUT2D eigenvalue weighted by Crippen LogP contribution is 2.23. The number of alkyl halides is 1. The number of halogens is 2. The van der Waals surface area contributed by atoms with Crippen LogP contribution in [-0.4, -0.2) is 68.6 Å². The molecule has 1 N–H and O–H groups in total. The van der Waals surface area contributed by atoms with Crippen molar-refractivity contribution in [3.8, 4) is 0 Å². The van der Waals surface area contributed by atoms with Gasteiger partial charge in [-0.3, -0.25) is 14.4 Å². The molecule has 2 atom stereocenters. The first kappa shape index (κ1) is 23.5. The molecule has 0 spiro atoms. The molecule has 2 amide bonds. The second-order valence-electron chi connectivity index (χ2n) is 7.08. The van der Waals surface area contributed by atoms with Gasteiger partial charge in [0.2, 0.25) is 11.8 Å². The number of ether oxygens (including phenoxy) is 1. The first-order valence-electron chi connectivity index (χ1n) is 9.82. The molecular weight excluding hydrogens is 489 g/mol. The quantitative estimate of drug-likeness (QED) is 0.343. The first-order valence-corrected chi connectivity index (χ1v) is 10.6. The zero-order valence-electron chi connectivity index (χ0n) is 17.4. The van der Waals surface area contributed by atoms with E-state index in [0.29, 0.717) is 4.60 Å². The molecule has 0 unspecified atom stereocenters. The molecule has 1 saturated heterocycles. The lowest BCUT2D eigenvalue weighted by molar-refractivity contribution is -0.137. The number of nitrogens with zero attached hydrogens (tertiary/aromatic N) is 4. The average Bonchev–Trinajstić information content (AvgIpc) is 3.32. The van der Waals surface area contributed by atoms with Crippen LogP contribution in [0, 0.1) is 0 Å². The van der Waals surface area contributed by atoms with Crippen LogP contribution >= 0.6 is 15.9 Å². The molecule has 3 rings (SSSR count). The Morgan fingerprint density at radius 1 is 1.31 bits per heavy atom. The van der Waals surface area contributed by atoms with E-state index >= 15 is 0 Å². The highest BCUT2D eigenvalue weighted by atomic mass is 79.9. The molecule has 1 aliphatic rings. The lowest BCUT2D eigenvalue weighted by Gasteiger charge is -2.23. The van der Waals surface area contributed by atoms with Gasteiger partial charge in [0.15, 0.2) is 5.78 Å². The van der Waals surface area contributed by atoms with Crippen LogP contribution in [0.1, 0.15) is 41.2 Å². The summed E-state index contributed by atoms with van der Waals surface area (Å²) >= 11 is 3.20. The number of anilines is 1. The summed E-state index contributed by atoms with van der Waals surface area (Å²) in [5.74, 6) is -2.11. The summed E-state index contributed by atoms with van der Waals surface area (Å²) in [6, 6.07) is 5.09. The number of pyridine rings is 1. The Kier molecular flexibility index (Phi) is 7.33. The molecular formula is C20H21BrFN5O5. The summed E-state index contributed by atoms with van der Waals surface area (Å²) in [6.07, 6.45) is -1.56. The zero-order valence-corrected chi connectivity index (χ0v) is 19.0. The van der Waals surface area contributed by atoms with Gasteiger partial charge in [0.05, 0.1) is 13.2 Å². The van der Waals surface area contributed by atoms with Crippen LogP contribution in [0.3, 0.4) is 0 Å². The monoisotopic (exact) mass is 509 g/mol. The normalized spacial score (nSPS) is 17.8. The number of ketones is 1. The van der Waals surface area contributed by atoms with Crippen LogP contribution < -0.4 is 5.32 Å². The van der Waals surface area contributed by atoms with Crippen molar-refractivity contribution in [2.24, 2.45) is 0 Å². The van der Waals surface area contributed by atoms with Crippen molar-refractivity contribution in [1.82, 2.24) is 19.7 Å².